The number of carbonyl (C=O) groups is 3. The number of para-hydroxylation sites is 1. The standard InChI is InChI=1S/C16H17N3O3/c1-3-19-13(20)11-8(2)18-16(12(11)14(19)21)9-6-4-5-7-10(9)17-15(16)22/h4-8,11-12,18H,3H2,1-2H3,(H,17,22)/t8-,11+,12-,16+/m0/s1. The number of fused-ring (bicyclic) bond motifs is 4. The van der Waals surface area contributed by atoms with Crippen molar-refractivity contribution in [2.45, 2.75) is 25.4 Å². The lowest BCUT2D eigenvalue weighted by atomic mass is 9.76. The molecule has 1 aromatic carbocycles. The van der Waals surface area contributed by atoms with Gasteiger partial charge in [-0.05, 0) is 19.9 Å². The first-order valence-electron chi connectivity index (χ1n) is 7.56. The minimum Gasteiger partial charge on any atom is -0.324 e. The van der Waals surface area contributed by atoms with E-state index in [9.17, 15) is 14.4 Å². The van der Waals surface area contributed by atoms with Crippen LogP contribution in [0.2, 0.25) is 0 Å². The minimum atomic E-state index is -1.13. The van der Waals surface area contributed by atoms with Gasteiger partial charge in [-0.3, -0.25) is 24.6 Å². The molecule has 0 unspecified atom stereocenters. The highest BCUT2D eigenvalue weighted by molar-refractivity contribution is 6.15. The Hall–Kier alpha value is -2.21. The number of nitrogens with one attached hydrogen (secondary N) is 2. The molecule has 0 aliphatic carbocycles. The Morgan fingerprint density at radius 2 is 1.91 bits per heavy atom. The molecule has 114 valence electrons. The molecule has 0 aromatic heterocycles. The van der Waals surface area contributed by atoms with Crippen LogP contribution in [-0.2, 0) is 19.9 Å². The smallest absolute Gasteiger partial charge is 0.250 e. The van der Waals surface area contributed by atoms with E-state index in [0.717, 1.165) is 5.56 Å². The highest BCUT2D eigenvalue weighted by atomic mass is 16.2. The van der Waals surface area contributed by atoms with Crippen LogP contribution in [0.5, 0.6) is 0 Å². The van der Waals surface area contributed by atoms with Gasteiger partial charge in [-0.25, -0.2) is 0 Å². The molecule has 4 atom stereocenters. The Bertz CT molecular complexity index is 716. The summed E-state index contributed by atoms with van der Waals surface area (Å²) in [5, 5.41) is 6.11. The number of likely N-dealkylation sites (tertiary alicyclic amines) is 1. The van der Waals surface area contributed by atoms with Crippen molar-refractivity contribution in [3.8, 4) is 0 Å². The number of hydrogen-bond acceptors (Lipinski definition) is 4. The molecule has 1 aromatic rings. The highest BCUT2D eigenvalue weighted by Crippen LogP contribution is 2.52. The Morgan fingerprint density at radius 1 is 1.18 bits per heavy atom. The van der Waals surface area contributed by atoms with Crippen LogP contribution >= 0.6 is 0 Å². The molecular weight excluding hydrogens is 282 g/mol. The quantitative estimate of drug-likeness (QED) is 0.738. The van der Waals surface area contributed by atoms with E-state index in [0.29, 0.717) is 12.2 Å². The molecule has 0 radical (unpaired) electrons. The Kier molecular flexibility index (Phi) is 2.55. The molecule has 3 aliphatic rings. The largest absolute Gasteiger partial charge is 0.324 e. The Balaban J connectivity index is 1.92. The third-order valence-corrected chi connectivity index (χ3v) is 5.18. The fraction of sp³-hybridized carbons (Fsp3) is 0.438. The van der Waals surface area contributed by atoms with E-state index in [1.165, 1.54) is 4.90 Å². The summed E-state index contributed by atoms with van der Waals surface area (Å²) in [5.41, 5.74) is 0.346. The van der Waals surface area contributed by atoms with E-state index < -0.39 is 17.4 Å². The van der Waals surface area contributed by atoms with E-state index in [-0.39, 0.29) is 23.8 Å². The number of carbonyl (C=O) groups excluding carboxylic acids is 3. The number of hydrogen-bond donors (Lipinski definition) is 2. The van der Waals surface area contributed by atoms with E-state index in [4.69, 9.17) is 0 Å². The second kappa shape index (κ2) is 4.16. The molecule has 0 bridgehead atoms. The molecule has 2 N–H and O–H groups in total. The van der Waals surface area contributed by atoms with Crippen LogP contribution in [0, 0.1) is 11.8 Å². The van der Waals surface area contributed by atoms with Crippen LogP contribution < -0.4 is 10.6 Å². The molecular formula is C16H17N3O3. The van der Waals surface area contributed by atoms with Crippen LogP contribution in [0.3, 0.4) is 0 Å². The van der Waals surface area contributed by atoms with Gasteiger partial charge in [0.05, 0.1) is 11.8 Å². The number of rotatable bonds is 1. The third kappa shape index (κ3) is 1.31. The van der Waals surface area contributed by atoms with Crippen LogP contribution in [0.1, 0.15) is 19.4 Å². The van der Waals surface area contributed by atoms with Crippen molar-refractivity contribution in [1.29, 1.82) is 0 Å². The maximum Gasteiger partial charge on any atom is 0.250 e. The van der Waals surface area contributed by atoms with Crippen LogP contribution in [-0.4, -0.2) is 35.2 Å². The summed E-state index contributed by atoms with van der Waals surface area (Å²) in [6, 6.07) is 7.13. The summed E-state index contributed by atoms with van der Waals surface area (Å²) in [5.74, 6) is -1.82. The summed E-state index contributed by atoms with van der Waals surface area (Å²) < 4.78 is 0. The van der Waals surface area contributed by atoms with Gasteiger partial charge in [0.1, 0.15) is 5.54 Å². The van der Waals surface area contributed by atoms with E-state index in [2.05, 4.69) is 10.6 Å². The number of anilines is 1. The zero-order valence-corrected chi connectivity index (χ0v) is 12.4. The lowest BCUT2D eigenvalue weighted by Gasteiger charge is -2.28. The highest BCUT2D eigenvalue weighted by Gasteiger charge is 2.69. The minimum absolute atomic E-state index is 0.174. The van der Waals surface area contributed by atoms with Gasteiger partial charge < -0.3 is 5.32 Å². The Morgan fingerprint density at radius 3 is 2.64 bits per heavy atom. The fourth-order valence-corrected chi connectivity index (χ4v) is 4.29. The first kappa shape index (κ1) is 13.5. The molecule has 4 rings (SSSR count). The van der Waals surface area contributed by atoms with Gasteiger partial charge in [0.15, 0.2) is 0 Å². The maximum absolute atomic E-state index is 12.8. The zero-order valence-electron chi connectivity index (χ0n) is 12.4. The molecule has 22 heavy (non-hydrogen) atoms. The number of amides is 3. The van der Waals surface area contributed by atoms with Crippen molar-refractivity contribution < 1.29 is 14.4 Å². The van der Waals surface area contributed by atoms with Gasteiger partial charge in [0, 0.05) is 23.8 Å². The molecule has 6 heteroatoms. The number of benzene rings is 1. The van der Waals surface area contributed by atoms with Crippen molar-refractivity contribution in [2.24, 2.45) is 11.8 Å². The molecule has 1 spiro atoms. The Labute approximate surface area is 127 Å². The van der Waals surface area contributed by atoms with Crippen molar-refractivity contribution >= 4 is 23.4 Å². The molecule has 2 fully saturated rings. The average Bonchev–Trinajstić information content (AvgIpc) is 3.05. The predicted molar refractivity (Wildman–Crippen MR) is 78.7 cm³/mol. The van der Waals surface area contributed by atoms with E-state index in [1.54, 1.807) is 6.92 Å². The molecule has 3 aliphatic heterocycles. The summed E-state index contributed by atoms with van der Waals surface area (Å²) in [6.07, 6.45) is 0. The molecule has 3 heterocycles. The summed E-state index contributed by atoms with van der Waals surface area (Å²) in [6.45, 7) is 3.99. The SMILES string of the molecule is CCN1C(=O)[C@@H]2[C@H](C)N[C@@]3(C(=O)Nc4ccccc43)[C@@H]2C1=O. The van der Waals surface area contributed by atoms with E-state index >= 15 is 0 Å². The van der Waals surface area contributed by atoms with Gasteiger partial charge in [0.25, 0.3) is 0 Å². The van der Waals surface area contributed by atoms with Crippen molar-refractivity contribution in [3.63, 3.8) is 0 Å². The first-order chi connectivity index (χ1) is 10.5. The van der Waals surface area contributed by atoms with Crippen molar-refractivity contribution in [1.82, 2.24) is 10.2 Å². The van der Waals surface area contributed by atoms with Gasteiger partial charge in [-0.2, -0.15) is 0 Å². The van der Waals surface area contributed by atoms with Crippen LogP contribution in [0.25, 0.3) is 0 Å². The molecule has 0 saturated carbocycles. The monoisotopic (exact) mass is 299 g/mol. The maximum atomic E-state index is 12.8. The van der Waals surface area contributed by atoms with Crippen molar-refractivity contribution in [3.05, 3.63) is 29.8 Å². The number of nitrogens with zero attached hydrogens (tertiary/aromatic N) is 1. The molecule has 6 nitrogen and oxygen atoms in total. The van der Waals surface area contributed by atoms with Gasteiger partial charge in [-0.1, -0.05) is 18.2 Å². The normalized spacial score (nSPS) is 36.0. The van der Waals surface area contributed by atoms with Crippen LogP contribution in [0.15, 0.2) is 24.3 Å². The second-order valence-electron chi connectivity index (χ2n) is 6.16. The summed E-state index contributed by atoms with van der Waals surface area (Å²) in [4.78, 5) is 39.3. The number of imide groups is 1. The second-order valence-corrected chi connectivity index (χ2v) is 6.16. The lowest BCUT2D eigenvalue weighted by Crippen LogP contribution is -2.52. The van der Waals surface area contributed by atoms with Gasteiger partial charge >= 0.3 is 0 Å². The summed E-state index contributed by atoms with van der Waals surface area (Å²) >= 11 is 0. The third-order valence-electron chi connectivity index (χ3n) is 5.18. The topological polar surface area (TPSA) is 78.5 Å². The van der Waals surface area contributed by atoms with Crippen molar-refractivity contribution in [2.75, 3.05) is 11.9 Å². The first-order valence-corrected chi connectivity index (χ1v) is 7.56. The van der Waals surface area contributed by atoms with Gasteiger partial charge in [-0.15, -0.1) is 0 Å². The zero-order chi connectivity index (χ0) is 15.6. The van der Waals surface area contributed by atoms with E-state index in [1.807, 2.05) is 31.2 Å². The average molecular weight is 299 g/mol. The van der Waals surface area contributed by atoms with Gasteiger partial charge in [0.2, 0.25) is 17.7 Å². The predicted octanol–water partition coefficient (Wildman–Crippen LogP) is 0.447. The lowest BCUT2D eigenvalue weighted by molar-refractivity contribution is -0.142. The van der Waals surface area contributed by atoms with Crippen LogP contribution in [0.4, 0.5) is 5.69 Å². The summed E-state index contributed by atoms with van der Waals surface area (Å²) in [7, 11) is 0. The molecule has 3 amide bonds. The fourth-order valence-electron chi connectivity index (χ4n) is 4.29. The molecule has 2 saturated heterocycles.